The Hall–Kier alpha value is -3.13. The zero-order chi connectivity index (χ0) is 21.0. The highest BCUT2D eigenvalue weighted by atomic mass is 19.4. The first-order chi connectivity index (χ1) is 13.7. The third kappa shape index (κ3) is 5.23. The van der Waals surface area contributed by atoms with Crippen LogP contribution in [0.4, 0.5) is 19.0 Å². The van der Waals surface area contributed by atoms with E-state index < -0.39 is 12.5 Å². The number of nitrogens with zero attached hydrogens (tertiary/aromatic N) is 3. The van der Waals surface area contributed by atoms with Gasteiger partial charge in [0.25, 0.3) is 0 Å². The Morgan fingerprint density at radius 3 is 2.28 bits per heavy atom. The van der Waals surface area contributed by atoms with E-state index in [0.717, 1.165) is 5.56 Å². The molecule has 0 aliphatic rings. The van der Waals surface area contributed by atoms with E-state index in [1.54, 1.807) is 6.07 Å². The molecule has 0 saturated heterocycles. The van der Waals surface area contributed by atoms with E-state index in [0.29, 0.717) is 17.1 Å². The first-order valence-electron chi connectivity index (χ1n) is 8.88. The molecule has 2 aromatic carbocycles. The first kappa shape index (κ1) is 20.6. The number of benzene rings is 2. The van der Waals surface area contributed by atoms with Crippen LogP contribution in [0.2, 0.25) is 0 Å². The zero-order valence-corrected chi connectivity index (χ0v) is 15.8. The second kappa shape index (κ2) is 8.48. The van der Waals surface area contributed by atoms with E-state index >= 15 is 0 Å². The number of anilines is 1. The summed E-state index contributed by atoms with van der Waals surface area (Å²) >= 11 is 0. The van der Waals surface area contributed by atoms with Crippen molar-refractivity contribution in [1.29, 1.82) is 0 Å². The molecule has 3 rings (SSSR count). The third-order valence-corrected chi connectivity index (χ3v) is 4.61. The Morgan fingerprint density at radius 2 is 1.66 bits per heavy atom. The molecule has 8 heteroatoms. The molecule has 2 atom stereocenters. The monoisotopic (exact) mass is 403 g/mol. The maximum absolute atomic E-state index is 12.3. The maximum atomic E-state index is 12.3. The lowest BCUT2D eigenvalue weighted by Crippen LogP contribution is -2.35. The quantitative estimate of drug-likeness (QED) is 0.652. The summed E-state index contributed by atoms with van der Waals surface area (Å²) in [6.07, 6.45) is -4.08. The highest BCUT2D eigenvalue weighted by Crippen LogP contribution is 2.28. The Bertz CT molecular complexity index is 934. The lowest BCUT2D eigenvalue weighted by atomic mass is 10.0. The Balaban J connectivity index is 1.78. The van der Waals surface area contributed by atoms with Crippen molar-refractivity contribution in [2.24, 2.45) is 0 Å². The van der Waals surface area contributed by atoms with Gasteiger partial charge in [0.2, 0.25) is 0 Å². The van der Waals surface area contributed by atoms with Gasteiger partial charge in [-0.2, -0.15) is 0 Å². The van der Waals surface area contributed by atoms with Gasteiger partial charge in [-0.3, -0.25) is 0 Å². The molecule has 1 N–H and O–H groups in total. The van der Waals surface area contributed by atoms with Crippen molar-refractivity contribution in [1.82, 2.24) is 9.97 Å². The Labute approximate surface area is 166 Å². The van der Waals surface area contributed by atoms with Crippen molar-refractivity contribution in [3.05, 3.63) is 72.6 Å². The van der Waals surface area contributed by atoms with Gasteiger partial charge in [0.15, 0.2) is 0 Å². The van der Waals surface area contributed by atoms with Gasteiger partial charge in [-0.1, -0.05) is 30.3 Å². The average molecular weight is 403 g/mol. The van der Waals surface area contributed by atoms with Crippen LogP contribution in [-0.2, 0) is 0 Å². The molecule has 0 aliphatic heterocycles. The standard InChI is InChI=1S/C21H20F3N3O2/c1-14(20(28)16-6-4-3-5-7-16)27(2)19-12-18(25-13-26-19)15-8-10-17(11-9-15)29-21(22,23)24/h3-14,20,28H,1-2H3/t14-,20+/m1/s1. The van der Waals surface area contributed by atoms with Gasteiger partial charge in [0, 0.05) is 18.7 Å². The van der Waals surface area contributed by atoms with E-state index in [9.17, 15) is 18.3 Å². The van der Waals surface area contributed by atoms with Crippen LogP contribution in [0.15, 0.2) is 67.0 Å². The molecule has 0 fully saturated rings. The van der Waals surface area contributed by atoms with E-state index in [2.05, 4.69) is 14.7 Å². The van der Waals surface area contributed by atoms with Crippen LogP contribution in [0.3, 0.4) is 0 Å². The summed E-state index contributed by atoms with van der Waals surface area (Å²) in [5, 5.41) is 10.6. The van der Waals surface area contributed by atoms with Gasteiger partial charge >= 0.3 is 6.36 Å². The summed E-state index contributed by atoms with van der Waals surface area (Å²) in [5.74, 6) is 0.278. The van der Waals surface area contributed by atoms with Crippen molar-refractivity contribution in [3.63, 3.8) is 0 Å². The number of hydrogen-bond donors (Lipinski definition) is 1. The molecular weight excluding hydrogens is 383 g/mol. The van der Waals surface area contributed by atoms with Gasteiger partial charge in [-0.25, -0.2) is 9.97 Å². The van der Waals surface area contributed by atoms with Crippen LogP contribution in [0.5, 0.6) is 5.75 Å². The lowest BCUT2D eigenvalue weighted by Gasteiger charge is -2.30. The maximum Gasteiger partial charge on any atom is 0.573 e. The fourth-order valence-corrected chi connectivity index (χ4v) is 2.87. The number of alkyl halides is 3. The minimum atomic E-state index is -4.73. The third-order valence-electron chi connectivity index (χ3n) is 4.61. The highest BCUT2D eigenvalue weighted by Gasteiger charge is 2.31. The van der Waals surface area contributed by atoms with Crippen molar-refractivity contribution in [3.8, 4) is 17.0 Å². The number of likely N-dealkylation sites (N-methyl/N-ethyl adjacent to an activating group) is 1. The first-order valence-corrected chi connectivity index (χ1v) is 8.88. The largest absolute Gasteiger partial charge is 0.573 e. The molecule has 0 radical (unpaired) electrons. The molecule has 0 saturated carbocycles. The second-order valence-electron chi connectivity index (χ2n) is 6.54. The molecule has 1 aromatic heterocycles. The average Bonchev–Trinajstić information content (AvgIpc) is 2.72. The summed E-state index contributed by atoms with van der Waals surface area (Å²) in [4.78, 5) is 10.3. The summed E-state index contributed by atoms with van der Waals surface area (Å²) in [6.45, 7) is 1.88. The van der Waals surface area contributed by atoms with Crippen LogP contribution in [0, 0.1) is 0 Å². The SMILES string of the molecule is C[C@H]([C@H](O)c1ccccc1)N(C)c1cc(-c2ccc(OC(F)(F)F)cc2)ncn1. The molecule has 0 amide bonds. The van der Waals surface area contributed by atoms with Crippen LogP contribution in [-0.4, -0.2) is 34.5 Å². The van der Waals surface area contributed by atoms with Crippen molar-refractivity contribution in [2.75, 3.05) is 11.9 Å². The number of ether oxygens (including phenoxy) is 1. The molecule has 0 unspecified atom stereocenters. The topological polar surface area (TPSA) is 58.5 Å². The van der Waals surface area contributed by atoms with Crippen molar-refractivity contribution >= 4 is 5.82 Å². The molecule has 3 aromatic rings. The van der Waals surface area contributed by atoms with Crippen LogP contribution < -0.4 is 9.64 Å². The molecular formula is C21H20F3N3O2. The van der Waals surface area contributed by atoms with Gasteiger partial charge in [0.05, 0.1) is 17.8 Å². The van der Waals surface area contributed by atoms with Gasteiger partial charge in [-0.05, 0) is 36.8 Å². The molecule has 0 spiro atoms. The van der Waals surface area contributed by atoms with E-state index in [1.165, 1.54) is 30.6 Å². The smallest absolute Gasteiger partial charge is 0.406 e. The number of aliphatic hydroxyl groups is 1. The minimum Gasteiger partial charge on any atom is -0.406 e. The number of aromatic nitrogens is 2. The summed E-state index contributed by atoms with van der Waals surface area (Å²) < 4.78 is 40.8. The summed E-state index contributed by atoms with van der Waals surface area (Å²) in [7, 11) is 1.81. The lowest BCUT2D eigenvalue weighted by molar-refractivity contribution is -0.274. The molecule has 29 heavy (non-hydrogen) atoms. The van der Waals surface area contributed by atoms with Crippen LogP contribution in [0.1, 0.15) is 18.6 Å². The minimum absolute atomic E-state index is 0.275. The number of aliphatic hydroxyl groups excluding tert-OH is 1. The molecule has 1 heterocycles. The Morgan fingerprint density at radius 1 is 1.00 bits per heavy atom. The normalized spacial score (nSPS) is 13.6. The number of halogens is 3. The molecule has 152 valence electrons. The van der Waals surface area contributed by atoms with E-state index in [-0.39, 0.29) is 11.8 Å². The van der Waals surface area contributed by atoms with Gasteiger partial charge in [-0.15, -0.1) is 13.2 Å². The van der Waals surface area contributed by atoms with Crippen LogP contribution in [0.25, 0.3) is 11.3 Å². The summed E-state index contributed by atoms with van der Waals surface area (Å²) in [6, 6.07) is 16.2. The fraction of sp³-hybridized carbons (Fsp3) is 0.238. The predicted octanol–water partition coefficient (Wildman–Crippen LogP) is 4.60. The second-order valence-corrected chi connectivity index (χ2v) is 6.54. The Kier molecular flexibility index (Phi) is 6.03. The molecule has 5 nitrogen and oxygen atoms in total. The summed E-state index contributed by atoms with van der Waals surface area (Å²) in [5.41, 5.74) is 1.95. The van der Waals surface area contributed by atoms with Gasteiger partial charge in [0.1, 0.15) is 17.9 Å². The van der Waals surface area contributed by atoms with Crippen LogP contribution >= 0.6 is 0 Å². The highest BCUT2D eigenvalue weighted by molar-refractivity contribution is 5.63. The number of rotatable bonds is 6. The predicted molar refractivity (Wildman–Crippen MR) is 103 cm³/mol. The van der Waals surface area contributed by atoms with E-state index in [1.807, 2.05) is 49.2 Å². The molecule has 0 bridgehead atoms. The van der Waals surface area contributed by atoms with E-state index in [4.69, 9.17) is 0 Å². The fourth-order valence-electron chi connectivity index (χ4n) is 2.87. The van der Waals surface area contributed by atoms with Crippen molar-refractivity contribution < 1.29 is 23.0 Å². The van der Waals surface area contributed by atoms with Gasteiger partial charge < -0.3 is 14.7 Å². The van der Waals surface area contributed by atoms with Crippen molar-refractivity contribution in [2.45, 2.75) is 25.4 Å². The molecule has 0 aliphatic carbocycles. The zero-order valence-electron chi connectivity index (χ0n) is 15.8. The number of hydrogen-bond acceptors (Lipinski definition) is 5.